The van der Waals surface area contributed by atoms with Crippen molar-refractivity contribution in [2.45, 2.75) is 13.0 Å². The number of hydrogen-bond donors (Lipinski definition) is 0. The molecule has 1 unspecified atom stereocenters. The summed E-state index contributed by atoms with van der Waals surface area (Å²) in [5.41, 5.74) is 1.85. The summed E-state index contributed by atoms with van der Waals surface area (Å²) in [4.78, 5) is 21.9. The van der Waals surface area contributed by atoms with E-state index in [4.69, 9.17) is 26.1 Å². The summed E-state index contributed by atoms with van der Waals surface area (Å²) in [6, 6.07) is 11.1. The number of nitrogens with zero attached hydrogens (tertiary/aromatic N) is 3. The molecular formula is C21H22ClN3O3S. The van der Waals surface area contributed by atoms with Crippen molar-refractivity contribution in [2.24, 2.45) is 0 Å². The fourth-order valence-electron chi connectivity index (χ4n) is 3.17. The zero-order valence-electron chi connectivity index (χ0n) is 16.5. The van der Waals surface area contributed by atoms with Gasteiger partial charge in [-0.1, -0.05) is 35.1 Å². The molecule has 152 valence electrons. The van der Waals surface area contributed by atoms with Crippen LogP contribution in [0.3, 0.4) is 0 Å². The molecule has 1 amide bonds. The Kier molecular flexibility index (Phi) is 5.63. The number of aromatic nitrogens is 1. The SMILES string of the molecule is Cc1cc(Cl)cc2sc(N(CCN(C)C)C(=O)C3COc4ccccc4O3)nc12. The second kappa shape index (κ2) is 8.18. The van der Waals surface area contributed by atoms with E-state index >= 15 is 0 Å². The quantitative estimate of drug-likeness (QED) is 0.611. The Bertz CT molecular complexity index is 1050. The fraction of sp³-hybridized carbons (Fsp3) is 0.333. The third kappa shape index (κ3) is 4.17. The molecule has 1 aliphatic rings. The van der Waals surface area contributed by atoms with Crippen LogP contribution in [0.1, 0.15) is 5.56 Å². The lowest BCUT2D eigenvalue weighted by atomic mass is 10.2. The first-order valence-corrected chi connectivity index (χ1v) is 10.5. The van der Waals surface area contributed by atoms with Gasteiger partial charge in [-0.05, 0) is 50.8 Å². The van der Waals surface area contributed by atoms with E-state index in [9.17, 15) is 4.79 Å². The smallest absolute Gasteiger partial charge is 0.273 e. The molecule has 2 heterocycles. The number of ether oxygens (including phenoxy) is 2. The normalized spacial score (nSPS) is 15.7. The van der Waals surface area contributed by atoms with Gasteiger partial charge in [0, 0.05) is 18.1 Å². The lowest BCUT2D eigenvalue weighted by Crippen LogP contribution is -2.48. The Hall–Kier alpha value is -2.35. The van der Waals surface area contributed by atoms with Crippen LogP contribution in [0, 0.1) is 6.92 Å². The molecule has 0 fully saturated rings. The average Bonchev–Trinajstić information content (AvgIpc) is 3.11. The highest BCUT2D eigenvalue weighted by atomic mass is 35.5. The highest BCUT2D eigenvalue weighted by Gasteiger charge is 2.33. The van der Waals surface area contributed by atoms with Crippen LogP contribution < -0.4 is 14.4 Å². The third-order valence-electron chi connectivity index (χ3n) is 4.69. The summed E-state index contributed by atoms with van der Waals surface area (Å²) in [6.45, 7) is 3.34. The molecule has 0 aliphatic carbocycles. The Morgan fingerprint density at radius 3 is 2.76 bits per heavy atom. The van der Waals surface area contributed by atoms with Gasteiger partial charge >= 0.3 is 0 Å². The van der Waals surface area contributed by atoms with Gasteiger partial charge in [-0.2, -0.15) is 0 Å². The molecule has 29 heavy (non-hydrogen) atoms. The van der Waals surface area contributed by atoms with Crippen LogP contribution in [-0.4, -0.2) is 55.7 Å². The summed E-state index contributed by atoms with van der Waals surface area (Å²) in [5, 5.41) is 1.30. The van der Waals surface area contributed by atoms with E-state index in [0.717, 1.165) is 15.8 Å². The molecule has 0 saturated heterocycles. The minimum atomic E-state index is -0.719. The van der Waals surface area contributed by atoms with E-state index in [1.807, 2.05) is 62.3 Å². The lowest BCUT2D eigenvalue weighted by molar-refractivity contribution is -0.127. The highest BCUT2D eigenvalue weighted by molar-refractivity contribution is 7.22. The van der Waals surface area contributed by atoms with Gasteiger partial charge in [0.2, 0.25) is 6.10 Å². The summed E-state index contributed by atoms with van der Waals surface area (Å²) in [5.74, 6) is 1.07. The molecule has 0 radical (unpaired) electrons. The number of carbonyl (C=O) groups is 1. The summed E-state index contributed by atoms with van der Waals surface area (Å²) >= 11 is 7.66. The fourth-order valence-corrected chi connectivity index (χ4v) is 4.63. The van der Waals surface area contributed by atoms with Crippen molar-refractivity contribution < 1.29 is 14.3 Å². The van der Waals surface area contributed by atoms with Crippen molar-refractivity contribution in [2.75, 3.05) is 38.7 Å². The third-order valence-corrected chi connectivity index (χ3v) is 5.93. The second-order valence-corrected chi connectivity index (χ2v) is 8.67. The number of para-hydroxylation sites is 2. The number of benzene rings is 2. The molecule has 1 aliphatic heterocycles. The number of rotatable bonds is 5. The zero-order valence-corrected chi connectivity index (χ0v) is 18.1. The van der Waals surface area contributed by atoms with Gasteiger partial charge in [0.25, 0.3) is 5.91 Å². The number of hydrogen-bond acceptors (Lipinski definition) is 6. The van der Waals surface area contributed by atoms with Crippen molar-refractivity contribution >= 4 is 44.2 Å². The molecule has 1 aromatic heterocycles. The molecule has 0 bridgehead atoms. The number of likely N-dealkylation sites (N-methyl/N-ethyl adjacent to an activating group) is 1. The molecule has 1 atom stereocenters. The number of thiazole rings is 1. The number of amides is 1. The molecule has 0 saturated carbocycles. The Morgan fingerprint density at radius 1 is 1.24 bits per heavy atom. The Labute approximate surface area is 178 Å². The van der Waals surface area contributed by atoms with E-state index in [-0.39, 0.29) is 12.5 Å². The van der Waals surface area contributed by atoms with Crippen molar-refractivity contribution in [3.8, 4) is 11.5 Å². The molecule has 8 heteroatoms. The second-order valence-electron chi connectivity index (χ2n) is 7.22. The molecule has 0 N–H and O–H groups in total. The number of aryl methyl sites for hydroxylation is 1. The van der Waals surface area contributed by atoms with Crippen molar-refractivity contribution in [3.63, 3.8) is 0 Å². The maximum Gasteiger partial charge on any atom is 0.273 e. The first kappa shape index (κ1) is 19.9. The van der Waals surface area contributed by atoms with Crippen LogP contribution in [0.15, 0.2) is 36.4 Å². The van der Waals surface area contributed by atoms with Gasteiger partial charge in [0.1, 0.15) is 6.61 Å². The Balaban J connectivity index is 1.65. The number of halogens is 1. The number of anilines is 1. The summed E-state index contributed by atoms with van der Waals surface area (Å²) in [7, 11) is 3.95. The van der Waals surface area contributed by atoms with E-state index in [2.05, 4.69) is 0 Å². The summed E-state index contributed by atoms with van der Waals surface area (Å²) < 4.78 is 12.6. The van der Waals surface area contributed by atoms with Gasteiger partial charge in [0.05, 0.1) is 10.2 Å². The first-order valence-electron chi connectivity index (χ1n) is 9.33. The number of fused-ring (bicyclic) bond motifs is 2. The predicted octanol–water partition coefficient (Wildman–Crippen LogP) is 3.99. The largest absolute Gasteiger partial charge is 0.485 e. The summed E-state index contributed by atoms with van der Waals surface area (Å²) in [6.07, 6.45) is -0.719. The predicted molar refractivity (Wildman–Crippen MR) is 117 cm³/mol. The Morgan fingerprint density at radius 2 is 2.00 bits per heavy atom. The van der Waals surface area contributed by atoms with Crippen molar-refractivity contribution in [3.05, 3.63) is 47.0 Å². The molecule has 4 rings (SSSR count). The first-order chi connectivity index (χ1) is 13.9. The van der Waals surface area contributed by atoms with E-state index < -0.39 is 6.10 Å². The topological polar surface area (TPSA) is 54.9 Å². The van der Waals surface area contributed by atoms with Gasteiger partial charge in [-0.15, -0.1) is 0 Å². The maximum atomic E-state index is 13.4. The van der Waals surface area contributed by atoms with Crippen LogP contribution in [0.4, 0.5) is 5.13 Å². The molecular weight excluding hydrogens is 410 g/mol. The molecule has 6 nitrogen and oxygen atoms in total. The van der Waals surface area contributed by atoms with Crippen LogP contribution in [0.2, 0.25) is 5.02 Å². The number of carbonyl (C=O) groups excluding carboxylic acids is 1. The molecule has 2 aromatic carbocycles. The standard InChI is InChI=1S/C21H22ClN3O3S/c1-13-10-14(22)11-18-19(13)23-21(29-18)25(9-8-24(2)3)20(26)17-12-27-15-6-4-5-7-16(15)28-17/h4-7,10-11,17H,8-9,12H2,1-3H3. The minimum Gasteiger partial charge on any atom is -0.485 e. The minimum absolute atomic E-state index is 0.163. The van der Waals surface area contributed by atoms with Crippen LogP contribution in [-0.2, 0) is 4.79 Å². The van der Waals surface area contributed by atoms with Crippen molar-refractivity contribution in [1.82, 2.24) is 9.88 Å². The van der Waals surface area contributed by atoms with Crippen LogP contribution >= 0.6 is 22.9 Å². The average molecular weight is 432 g/mol. The lowest BCUT2D eigenvalue weighted by Gasteiger charge is -2.30. The highest BCUT2D eigenvalue weighted by Crippen LogP contribution is 2.35. The van der Waals surface area contributed by atoms with E-state index in [1.54, 1.807) is 4.90 Å². The monoisotopic (exact) mass is 431 g/mol. The zero-order chi connectivity index (χ0) is 20.5. The van der Waals surface area contributed by atoms with Crippen LogP contribution in [0.5, 0.6) is 11.5 Å². The van der Waals surface area contributed by atoms with E-state index in [1.165, 1.54) is 11.3 Å². The van der Waals surface area contributed by atoms with Gasteiger partial charge < -0.3 is 14.4 Å². The van der Waals surface area contributed by atoms with Crippen LogP contribution in [0.25, 0.3) is 10.2 Å². The van der Waals surface area contributed by atoms with Gasteiger partial charge in [-0.25, -0.2) is 4.98 Å². The maximum absolute atomic E-state index is 13.4. The van der Waals surface area contributed by atoms with Crippen molar-refractivity contribution in [1.29, 1.82) is 0 Å². The molecule has 0 spiro atoms. The molecule has 3 aromatic rings. The van der Waals surface area contributed by atoms with Gasteiger partial charge in [0.15, 0.2) is 16.6 Å². The van der Waals surface area contributed by atoms with E-state index in [0.29, 0.717) is 34.7 Å². The van der Waals surface area contributed by atoms with Gasteiger partial charge in [-0.3, -0.25) is 9.69 Å².